The van der Waals surface area contributed by atoms with Crippen molar-refractivity contribution in [3.63, 3.8) is 0 Å². The second-order valence-electron chi connectivity index (χ2n) is 9.02. The molecule has 0 bridgehead atoms. The minimum atomic E-state index is -0.259. The van der Waals surface area contributed by atoms with Crippen molar-refractivity contribution in [2.75, 3.05) is 13.1 Å². The Kier molecular flexibility index (Phi) is 5.58. The number of carbonyl (C=O) groups is 1. The molecule has 1 atom stereocenters. The number of benzene rings is 2. The van der Waals surface area contributed by atoms with E-state index >= 15 is 0 Å². The van der Waals surface area contributed by atoms with Crippen LogP contribution in [0.3, 0.4) is 0 Å². The van der Waals surface area contributed by atoms with Gasteiger partial charge < -0.3 is 9.32 Å². The molecule has 31 heavy (non-hydrogen) atoms. The van der Waals surface area contributed by atoms with Crippen LogP contribution in [0.5, 0.6) is 0 Å². The highest BCUT2D eigenvalue weighted by molar-refractivity contribution is 5.89. The Morgan fingerprint density at radius 1 is 0.968 bits per heavy atom. The van der Waals surface area contributed by atoms with Crippen LogP contribution in [0.4, 0.5) is 0 Å². The summed E-state index contributed by atoms with van der Waals surface area (Å²) < 4.78 is 6.08. The van der Waals surface area contributed by atoms with Gasteiger partial charge in [-0.3, -0.25) is 4.79 Å². The number of carbonyl (C=O) groups excluding carboxylic acids is 1. The van der Waals surface area contributed by atoms with Crippen LogP contribution in [0.25, 0.3) is 0 Å². The first-order chi connectivity index (χ1) is 15.2. The topological polar surface area (TPSA) is 59.2 Å². The predicted molar refractivity (Wildman–Crippen MR) is 119 cm³/mol. The average Bonchev–Trinajstić information content (AvgIpc) is 3.51. The molecule has 0 radical (unpaired) electrons. The van der Waals surface area contributed by atoms with Crippen molar-refractivity contribution in [2.45, 2.75) is 50.4 Å². The number of nitrogens with zero attached hydrogens (tertiary/aromatic N) is 3. The van der Waals surface area contributed by atoms with Crippen molar-refractivity contribution in [1.29, 1.82) is 0 Å². The molecule has 0 spiro atoms. The Balaban J connectivity index is 1.33. The third kappa shape index (κ3) is 4.01. The summed E-state index contributed by atoms with van der Waals surface area (Å²) >= 11 is 0. The van der Waals surface area contributed by atoms with Gasteiger partial charge in [-0.2, -0.15) is 0 Å². The van der Waals surface area contributed by atoms with Gasteiger partial charge in [-0.1, -0.05) is 73.5 Å². The first-order valence-electron chi connectivity index (χ1n) is 11.5. The van der Waals surface area contributed by atoms with Crippen molar-refractivity contribution in [1.82, 2.24) is 15.1 Å². The average molecular weight is 416 g/mol. The van der Waals surface area contributed by atoms with E-state index in [0.29, 0.717) is 11.8 Å². The van der Waals surface area contributed by atoms with E-state index in [2.05, 4.69) is 58.7 Å². The van der Waals surface area contributed by atoms with E-state index in [1.165, 1.54) is 11.1 Å². The minimum Gasteiger partial charge on any atom is -0.416 e. The summed E-state index contributed by atoms with van der Waals surface area (Å²) in [6.45, 7) is 1.50. The first-order valence-corrected chi connectivity index (χ1v) is 11.5. The maximum atomic E-state index is 13.2. The molecule has 1 saturated carbocycles. The maximum absolute atomic E-state index is 13.2. The molecule has 5 nitrogen and oxygen atoms in total. The van der Waals surface area contributed by atoms with Crippen molar-refractivity contribution in [2.24, 2.45) is 5.92 Å². The van der Waals surface area contributed by atoms with Crippen LogP contribution < -0.4 is 0 Å². The molecule has 1 amide bonds. The van der Waals surface area contributed by atoms with E-state index in [9.17, 15) is 4.79 Å². The summed E-state index contributed by atoms with van der Waals surface area (Å²) in [5.41, 5.74) is 2.27. The molecule has 0 N–H and O–H groups in total. The zero-order valence-corrected chi connectivity index (χ0v) is 17.9. The van der Waals surface area contributed by atoms with E-state index in [1.54, 1.807) is 0 Å². The monoisotopic (exact) mass is 415 g/mol. The molecule has 2 fully saturated rings. The minimum absolute atomic E-state index is 0.127. The SMILES string of the molecule is O=C(c1nnc(C2(c3ccccc3)CCCC2)o1)N1CCCC(Cc2ccccc2)C1. The van der Waals surface area contributed by atoms with Gasteiger partial charge in [-0.15, -0.1) is 10.2 Å². The molecule has 1 aliphatic carbocycles. The van der Waals surface area contributed by atoms with Crippen LogP contribution in [-0.4, -0.2) is 34.1 Å². The molecule has 160 valence electrons. The van der Waals surface area contributed by atoms with Crippen LogP contribution in [0.1, 0.15) is 66.2 Å². The van der Waals surface area contributed by atoms with Crippen LogP contribution in [-0.2, 0) is 11.8 Å². The van der Waals surface area contributed by atoms with Gasteiger partial charge >= 0.3 is 11.8 Å². The lowest BCUT2D eigenvalue weighted by Gasteiger charge is -2.32. The lowest BCUT2D eigenvalue weighted by molar-refractivity contribution is 0.0629. The Bertz CT molecular complexity index is 1010. The van der Waals surface area contributed by atoms with Gasteiger partial charge in [0, 0.05) is 13.1 Å². The van der Waals surface area contributed by atoms with Gasteiger partial charge in [0.25, 0.3) is 0 Å². The number of aromatic nitrogens is 2. The highest BCUT2D eigenvalue weighted by Crippen LogP contribution is 2.45. The molecule has 2 aromatic carbocycles. The van der Waals surface area contributed by atoms with E-state index in [-0.39, 0.29) is 17.2 Å². The Morgan fingerprint density at radius 3 is 2.42 bits per heavy atom. The zero-order chi connectivity index (χ0) is 21.1. The number of hydrogen-bond donors (Lipinski definition) is 0. The van der Waals surface area contributed by atoms with Gasteiger partial charge in [0.2, 0.25) is 5.89 Å². The first kappa shape index (κ1) is 20.0. The van der Waals surface area contributed by atoms with Crippen molar-refractivity contribution >= 4 is 5.91 Å². The highest BCUT2D eigenvalue weighted by atomic mass is 16.4. The van der Waals surface area contributed by atoms with E-state index in [1.807, 2.05) is 17.0 Å². The third-order valence-corrected chi connectivity index (χ3v) is 6.97. The van der Waals surface area contributed by atoms with Crippen molar-refractivity contribution in [3.8, 4) is 0 Å². The molecule has 1 aromatic heterocycles. The van der Waals surface area contributed by atoms with Gasteiger partial charge in [-0.05, 0) is 49.1 Å². The fourth-order valence-corrected chi connectivity index (χ4v) is 5.36. The largest absolute Gasteiger partial charge is 0.416 e. The molecule has 3 aromatic rings. The molecule has 5 heteroatoms. The highest BCUT2D eigenvalue weighted by Gasteiger charge is 2.43. The fraction of sp³-hybridized carbons (Fsp3) is 0.423. The summed E-state index contributed by atoms with van der Waals surface area (Å²) in [6, 6.07) is 20.9. The summed E-state index contributed by atoms with van der Waals surface area (Å²) in [6.07, 6.45) is 7.38. The Hall–Kier alpha value is -2.95. The number of amides is 1. The molecular weight excluding hydrogens is 386 g/mol. The number of likely N-dealkylation sites (tertiary alicyclic amines) is 1. The predicted octanol–water partition coefficient (Wildman–Crippen LogP) is 5.02. The van der Waals surface area contributed by atoms with Gasteiger partial charge in [0.15, 0.2) is 0 Å². The fourth-order valence-electron chi connectivity index (χ4n) is 5.36. The van der Waals surface area contributed by atoms with Gasteiger partial charge in [0.05, 0.1) is 5.41 Å². The molecule has 2 aliphatic rings. The van der Waals surface area contributed by atoms with E-state index in [4.69, 9.17) is 4.42 Å². The standard InChI is InChI=1S/C26H29N3O2/c30-24(29-17-9-12-21(19-29)18-20-10-3-1-4-11-20)23-27-28-25(31-23)26(15-7-8-16-26)22-13-5-2-6-14-22/h1-6,10-11,13-14,21H,7-9,12,15-19H2. The third-order valence-electron chi connectivity index (χ3n) is 6.97. The maximum Gasteiger partial charge on any atom is 0.311 e. The Labute approximate surface area is 183 Å². The number of hydrogen-bond acceptors (Lipinski definition) is 4. The lowest BCUT2D eigenvalue weighted by Crippen LogP contribution is -2.40. The van der Waals surface area contributed by atoms with Crippen molar-refractivity contribution < 1.29 is 9.21 Å². The van der Waals surface area contributed by atoms with Crippen molar-refractivity contribution in [3.05, 3.63) is 83.6 Å². The molecule has 2 heterocycles. The lowest BCUT2D eigenvalue weighted by atomic mass is 9.79. The van der Waals surface area contributed by atoms with Crippen LogP contribution in [0.15, 0.2) is 65.1 Å². The molecule has 5 rings (SSSR count). The van der Waals surface area contributed by atoms with Crippen LogP contribution in [0, 0.1) is 5.92 Å². The summed E-state index contributed by atoms with van der Waals surface area (Å²) in [5, 5.41) is 8.59. The van der Waals surface area contributed by atoms with Crippen LogP contribution in [0.2, 0.25) is 0 Å². The molecule has 1 saturated heterocycles. The van der Waals surface area contributed by atoms with Gasteiger partial charge in [0.1, 0.15) is 0 Å². The van der Waals surface area contributed by atoms with Gasteiger partial charge in [-0.25, -0.2) is 0 Å². The Morgan fingerprint density at radius 2 is 1.68 bits per heavy atom. The number of rotatable bonds is 5. The molecule has 1 unspecified atom stereocenters. The number of piperidine rings is 1. The normalized spacial score (nSPS) is 20.6. The zero-order valence-electron chi connectivity index (χ0n) is 17.9. The van der Waals surface area contributed by atoms with E-state index in [0.717, 1.165) is 58.0 Å². The van der Waals surface area contributed by atoms with E-state index < -0.39 is 0 Å². The van der Waals surface area contributed by atoms with Crippen LogP contribution >= 0.6 is 0 Å². The summed E-state index contributed by atoms with van der Waals surface area (Å²) in [4.78, 5) is 15.1. The molecular formula is C26H29N3O2. The second kappa shape index (κ2) is 8.66. The summed E-state index contributed by atoms with van der Waals surface area (Å²) in [5.74, 6) is 1.07. The summed E-state index contributed by atoms with van der Waals surface area (Å²) in [7, 11) is 0. The second-order valence-corrected chi connectivity index (χ2v) is 9.02. The quantitative estimate of drug-likeness (QED) is 0.587. The molecule has 1 aliphatic heterocycles. The smallest absolute Gasteiger partial charge is 0.311 e.